The van der Waals surface area contributed by atoms with E-state index in [2.05, 4.69) is 6.58 Å². The maximum atomic E-state index is 11.6. The third-order valence-corrected chi connectivity index (χ3v) is 2.55. The van der Waals surface area contributed by atoms with Gasteiger partial charge in [-0.3, -0.25) is 0 Å². The molecule has 0 radical (unpaired) electrons. The summed E-state index contributed by atoms with van der Waals surface area (Å²) in [7, 11) is 0. The molecule has 0 heterocycles. The summed E-state index contributed by atoms with van der Waals surface area (Å²) < 4.78 is 9.75. The second kappa shape index (κ2) is 7.59. The van der Waals surface area contributed by atoms with Crippen LogP contribution in [0.4, 0.5) is 0 Å². The SMILES string of the molecule is C=C(C)C(=O)OCCOC(=O)c1ccc(CCl)cc1. The third-order valence-electron chi connectivity index (χ3n) is 2.24. The normalized spacial score (nSPS) is 9.79. The van der Waals surface area contributed by atoms with Gasteiger partial charge in [0.25, 0.3) is 0 Å². The molecule has 1 aromatic rings. The van der Waals surface area contributed by atoms with Crippen molar-refractivity contribution in [2.45, 2.75) is 12.8 Å². The Hall–Kier alpha value is -1.81. The number of hydrogen-bond donors (Lipinski definition) is 0. The van der Waals surface area contributed by atoms with E-state index in [1.165, 1.54) is 0 Å². The van der Waals surface area contributed by atoms with Crippen LogP contribution in [0.15, 0.2) is 36.4 Å². The van der Waals surface area contributed by atoms with Gasteiger partial charge in [-0.2, -0.15) is 0 Å². The highest BCUT2D eigenvalue weighted by molar-refractivity contribution is 6.17. The molecule has 0 N–H and O–H groups in total. The van der Waals surface area contributed by atoms with Gasteiger partial charge in [0, 0.05) is 11.5 Å². The zero-order valence-electron chi connectivity index (χ0n) is 10.6. The van der Waals surface area contributed by atoms with E-state index in [1.807, 2.05) is 0 Å². The molecule has 19 heavy (non-hydrogen) atoms. The van der Waals surface area contributed by atoms with Gasteiger partial charge in [0.1, 0.15) is 13.2 Å². The fourth-order valence-electron chi connectivity index (χ4n) is 1.21. The number of hydrogen-bond acceptors (Lipinski definition) is 4. The van der Waals surface area contributed by atoms with Crippen molar-refractivity contribution in [2.75, 3.05) is 13.2 Å². The van der Waals surface area contributed by atoms with Gasteiger partial charge in [-0.05, 0) is 24.6 Å². The molecule has 0 bridgehead atoms. The van der Waals surface area contributed by atoms with Gasteiger partial charge in [0.2, 0.25) is 0 Å². The van der Waals surface area contributed by atoms with Crippen LogP contribution in [-0.4, -0.2) is 25.2 Å². The number of carbonyl (C=O) groups excluding carboxylic acids is 2. The lowest BCUT2D eigenvalue weighted by Gasteiger charge is -2.06. The minimum atomic E-state index is -0.498. The molecule has 0 saturated carbocycles. The monoisotopic (exact) mass is 282 g/mol. The van der Waals surface area contributed by atoms with Crippen molar-refractivity contribution in [3.8, 4) is 0 Å². The molecule has 1 rings (SSSR count). The average molecular weight is 283 g/mol. The van der Waals surface area contributed by atoms with Crippen LogP contribution in [-0.2, 0) is 20.1 Å². The van der Waals surface area contributed by atoms with E-state index in [0.717, 1.165) is 5.56 Å². The second-order valence-corrected chi connectivity index (χ2v) is 4.15. The summed E-state index contributed by atoms with van der Waals surface area (Å²) in [6.07, 6.45) is 0. The molecule has 4 nitrogen and oxygen atoms in total. The van der Waals surface area contributed by atoms with E-state index in [1.54, 1.807) is 31.2 Å². The fraction of sp³-hybridized carbons (Fsp3) is 0.286. The van der Waals surface area contributed by atoms with Crippen molar-refractivity contribution >= 4 is 23.5 Å². The van der Waals surface area contributed by atoms with Crippen LogP contribution in [0.2, 0.25) is 0 Å². The summed E-state index contributed by atoms with van der Waals surface area (Å²) in [5.74, 6) is -0.568. The van der Waals surface area contributed by atoms with Crippen LogP contribution < -0.4 is 0 Å². The van der Waals surface area contributed by atoms with E-state index in [9.17, 15) is 9.59 Å². The fourth-order valence-corrected chi connectivity index (χ4v) is 1.38. The molecule has 0 spiro atoms. The van der Waals surface area contributed by atoms with Crippen LogP contribution in [0.3, 0.4) is 0 Å². The molecule has 102 valence electrons. The highest BCUT2D eigenvalue weighted by atomic mass is 35.5. The topological polar surface area (TPSA) is 52.6 Å². The lowest BCUT2D eigenvalue weighted by atomic mass is 10.1. The smallest absolute Gasteiger partial charge is 0.338 e. The van der Waals surface area contributed by atoms with Crippen molar-refractivity contribution in [3.63, 3.8) is 0 Å². The Labute approximate surface area is 117 Å². The summed E-state index contributed by atoms with van der Waals surface area (Å²) in [6, 6.07) is 6.79. The summed E-state index contributed by atoms with van der Waals surface area (Å²) in [5.41, 5.74) is 1.66. The molecule has 0 atom stereocenters. The van der Waals surface area contributed by atoms with Crippen molar-refractivity contribution < 1.29 is 19.1 Å². The molecule has 0 aromatic heterocycles. The number of esters is 2. The van der Waals surface area contributed by atoms with Crippen molar-refractivity contribution in [1.29, 1.82) is 0 Å². The molecule has 0 saturated heterocycles. The Morgan fingerprint density at radius 3 is 2.26 bits per heavy atom. The van der Waals surface area contributed by atoms with Gasteiger partial charge in [-0.25, -0.2) is 9.59 Å². The summed E-state index contributed by atoms with van der Waals surface area (Å²) in [6.45, 7) is 5.01. The van der Waals surface area contributed by atoms with Gasteiger partial charge >= 0.3 is 11.9 Å². The first-order chi connectivity index (χ1) is 9.04. The summed E-state index contributed by atoms with van der Waals surface area (Å²) in [5, 5.41) is 0. The van der Waals surface area contributed by atoms with Crippen LogP contribution in [0.25, 0.3) is 0 Å². The van der Waals surface area contributed by atoms with Gasteiger partial charge < -0.3 is 9.47 Å². The number of ether oxygens (including phenoxy) is 2. The Kier molecular flexibility index (Phi) is 6.09. The average Bonchev–Trinajstić information content (AvgIpc) is 2.43. The Bertz CT molecular complexity index is 465. The van der Waals surface area contributed by atoms with E-state index < -0.39 is 11.9 Å². The van der Waals surface area contributed by atoms with Crippen LogP contribution in [0, 0.1) is 0 Å². The van der Waals surface area contributed by atoms with Crippen LogP contribution in [0.5, 0.6) is 0 Å². The standard InChI is InChI=1S/C14H15ClO4/c1-10(2)13(16)18-7-8-19-14(17)12-5-3-11(9-15)4-6-12/h3-6H,1,7-9H2,2H3. The van der Waals surface area contributed by atoms with Gasteiger partial charge in [-0.15, -0.1) is 11.6 Å². The highest BCUT2D eigenvalue weighted by Crippen LogP contribution is 2.08. The lowest BCUT2D eigenvalue weighted by Crippen LogP contribution is -2.14. The first-order valence-electron chi connectivity index (χ1n) is 5.69. The number of rotatable bonds is 6. The minimum absolute atomic E-state index is 0.00904. The maximum absolute atomic E-state index is 11.6. The molecule has 1 aromatic carbocycles. The molecule has 0 aliphatic heterocycles. The molecule has 0 unspecified atom stereocenters. The predicted molar refractivity (Wildman–Crippen MR) is 72.1 cm³/mol. The van der Waals surface area contributed by atoms with E-state index >= 15 is 0 Å². The highest BCUT2D eigenvalue weighted by Gasteiger charge is 2.08. The quantitative estimate of drug-likeness (QED) is 0.348. The van der Waals surface area contributed by atoms with E-state index in [-0.39, 0.29) is 13.2 Å². The van der Waals surface area contributed by atoms with Gasteiger partial charge in [0.05, 0.1) is 5.56 Å². The molecule has 0 amide bonds. The third kappa shape index (κ3) is 5.14. The first-order valence-corrected chi connectivity index (χ1v) is 6.22. The number of halogens is 1. The molecule has 0 aliphatic rings. The molecule has 5 heteroatoms. The lowest BCUT2D eigenvalue weighted by molar-refractivity contribution is -0.140. The van der Waals surface area contributed by atoms with Gasteiger partial charge in [0.15, 0.2) is 0 Å². The Morgan fingerprint density at radius 1 is 1.16 bits per heavy atom. The molecule has 0 aliphatic carbocycles. The van der Waals surface area contributed by atoms with Crippen LogP contribution >= 0.6 is 11.6 Å². The zero-order chi connectivity index (χ0) is 14.3. The minimum Gasteiger partial charge on any atom is -0.459 e. The van der Waals surface area contributed by atoms with Crippen LogP contribution in [0.1, 0.15) is 22.8 Å². The van der Waals surface area contributed by atoms with Crippen molar-refractivity contribution in [1.82, 2.24) is 0 Å². The number of alkyl halides is 1. The molecule has 0 fully saturated rings. The number of benzene rings is 1. The molecular weight excluding hydrogens is 268 g/mol. The largest absolute Gasteiger partial charge is 0.459 e. The summed E-state index contributed by atoms with van der Waals surface area (Å²) >= 11 is 5.64. The second-order valence-electron chi connectivity index (χ2n) is 3.88. The van der Waals surface area contributed by atoms with E-state index in [4.69, 9.17) is 21.1 Å². The Morgan fingerprint density at radius 2 is 1.74 bits per heavy atom. The zero-order valence-corrected chi connectivity index (χ0v) is 11.4. The van der Waals surface area contributed by atoms with Gasteiger partial charge in [-0.1, -0.05) is 18.7 Å². The summed E-state index contributed by atoms with van der Waals surface area (Å²) in [4.78, 5) is 22.7. The first kappa shape index (κ1) is 15.2. The number of carbonyl (C=O) groups is 2. The maximum Gasteiger partial charge on any atom is 0.338 e. The molecular formula is C14H15ClO4. The predicted octanol–water partition coefficient (Wildman–Crippen LogP) is 2.70. The van der Waals surface area contributed by atoms with Crippen molar-refractivity contribution in [3.05, 3.63) is 47.5 Å². The van der Waals surface area contributed by atoms with Crippen molar-refractivity contribution in [2.24, 2.45) is 0 Å². The Balaban J connectivity index is 2.34. The van der Waals surface area contributed by atoms with E-state index in [0.29, 0.717) is 17.0 Å².